The maximum absolute atomic E-state index is 13.2. The molecule has 1 heterocycles. The molecule has 0 aliphatic heterocycles. The predicted molar refractivity (Wildman–Crippen MR) is 151 cm³/mol. The Balaban J connectivity index is 1.49. The summed E-state index contributed by atoms with van der Waals surface area (Å²) in [7, 11) is -3.93. The van der Waals surface area contributed by atoms with Crippen LogP contribution in [0.1, 0.15) is 25.2 Å². The minimum absolute atomic E-state index is 0.0116. The zero-order valence-corrected chi connectivity index (χ0v) is 22.6. The lowest BCUT2D eigenvalue weighted by Gasteiger charge is -2.15. The first-order valence-corrected chi connectivity index (χ1v) is 13.7. The molecular weight excluding hydrogens is 502 g/mol. The van der Waals surface area contributed by atoms with Crippen LogP contribution in [0.15, 0.2) is 77.7 Å². The SMILES string of the molecule is CCOc1ccc(OCC)c(S(=O)(=O)Nc2ccc(Nc3cc(Nc4ccc(C)cc4)nc(C)n3)cc2)c1. The molecule has 0 atom stereocenters. The van der Waals surface area contributed by atoms with E-state index in [2.05, 4.69) is 25.3 Å². The van der Waals surface area contributed by atoms with Gasteiger partial charge in [0.05, 0.1) is 13.2 Å². The first kappa shape index (κ1) is 26.7. The van der Waals surface area contributed by atoms with Crippen molar-refractivity contribution in [1.29, 1.82) is 0 Å². The number of ether oxygens (including phenoxy) is 2. The quantitative estimate of drug-likeness (QED) is 0.209. The Morgan fingerprint density at radius 2 is 1.26 bits per heavy atom. The molecule has 0 saturated carbocycles. The fraction of sp³-hybridized carbons (Fsp3) is 0.214. The normalized spacial score (nSPS) is 11.1. The Morgan fingerprint density at radius 3 is 1.84 bits per heavy atom. The van der Waals surface area contributed by atoms with Crippen molar-refractivity contribution in [3.63, 3.8) is 0 Å². The summed E-state index contributed by atoms with van der Waals surface area (Å²) in [6.07, 6.45) is 0. The maximum Gasteiger partial charge on any atom is 0.265 e. The number of hydrogen-bond donors (Lipinski definition) is 3. The number of nitrogens with zero attached hydrogens (tertiary/aromatic N) is 2. The summed E-state index contributed by atoms with van der Waals surface area (Å²) in [5, 5.41) is 6.53. The van der Waals surface area contributed by atoms with Crippen molar-refractivity contribution in [3.05, 3.63) is 84.2 Å². The van der Waals surface area contributed by atoms with Gasteiger partial charge in [0.2, 0.25) is 0 Å². The zero-order chi connectivity index (χ0) is 27.1. The topological polar surface area (TPSA) is 114 Å². The van der Waals surface area contributed by atoms with E-state index in [0.717, 1.165) is 11.4 Å². The average Bonchev–Trinajstić information content (AvgIpc) is 2.87. The predicted octanol–water partition coefficient (Wildman–Crippen LogP) is 6.18. The largest absolute Gasteiger partial charge is 0.494 e. The molecule has 9 nitrogen and oxygen atoms in total. The lowest BCUT2D eigenvalue weighted by molar-refractivity contribution is 0.322. The van der Waals surface area contributed by atoms with Crippen LogP contribution in [-0.2, 0) is 10.0 Å². The Hall–Kier alpha value is -4.31. The van der Waals surface area contributed by atoms with Gasteiger partial charge in [-0.2, -0.15) is 0 Å². The Labute approximate surface area is 223 Å². The van der Waals surface area contributed by atoms with Crippen molar-refractivity contribution in [2.24, 2.45) is 0 Å². The highest BCUT2D eigenvalue weighted by atomic mass is 32.2. The van der Waals surface area contributed by atoms with Crippen LogP contribution in [-0.4, -0.2) is 31.6 Å². The van der Waals surface area contributed by atoms with Gasteiger partial charge < -0.3 is 20.1 Å². The second kappa shape index (κ2) is 11.8. The van der Waals surface area contributed by atoms with E-state index in [1.54, 1.807) is 43.3 Å². The summed E-state index contributed by atoms with van der Waals surface area (Å²) < 4.78 is 40.0. The number of rotatable bonds is 11. The standard InChI is InChI=1S/C28H31N5O4S/c1-5-36-24-15-16-25(37-6-2)26(17-24)38(34,35)33-23-13-11-22(12-14-23)32-28-18-27(29-20(4)30-28)31-21-9-7-19(3)8-10-21/h7-18,33H,5-6H2,1-4H3,(H2,29,30,31,32). The fourth-order valence-corrected chi connectivity index (χ4v) is 4.91. The molecule has 0 radical (unpaired) electrons. The smallest absolute Gasteiger partial charge is 0.265 e. The minimum Gasteiger partial charge on any atom is -0.494 e. The maximum atomic E-state index is 13.2. The number of anilines is 5. The number of benzene rings is 3. The second-order valence-electron chi connectivity index (χ2n) is 8.46. The van der Waals surface area contributed by atoms with E-state index in [9.17, 15) is 8.42 Å². The van der Waals surface area contributed by atoms with Gasteiger partial charge in [-0.3, -0.25) is 4.72 Å². The van der Waals surface area contributed by atoms with Gasteiger partial charge in [-0.15, -0.1) is 0 Å². The lowest BCUT2D eigenvalue weighted by Crippen LogP contribution is -2.15. The van der Waals surface area contributed by atoms with E-state index in [0.29, 0.717) is 42.1 Å². The highest BCUT2D eigenvalue weighted by molar-refractivity contribution is 7.92. The highest BCUT2D eigenvalue weighted by Crippen LogP contribution is 2.31. The molecule has 4 rings (SSSR count). The summed E-state index contributed by atoms with van der Waals surface area (Å²) in [6.45, 7) is 8.25. The average molecular weight is 534 g/mol. The van der Waals surface area contributed by atoms with Crippen LogP contribution in [0.3, 0.4) is 0 Å². The van der Waals surface area contributed by atoms with Gasteiger partial charge in [-0.25, -0.2) is 18.4 Å². The number of nitrogens with one attached hydrogen (secondary N) is 3. The molecule has 198 valence electrons. The number of hydrogen-bond acceptors (Lipinski definition) is 8. The molecule has 0 fully saturated rings. The summed E-state index contributed by atoms with van der Waals surface area (Å²) in [6, 6.07) is 21.5. The van der Waals surface area contributed by atoms with Crippen molar-refractivity contribution < 1.29 is 17.9 Å². The molecular formula is C28H31N5O4S. The molecule has 10 heteroatoms. The molecule has 0 amide bonds. The van der Waals surface area contributed by atoms with E-state index >= 15 is 0 Å². The monoisotopic (exact) mass is 533 g/mol. The zero-order valence-electron chi connectivity index (χ0n) is 21.8. The van der Waals surface area contributed by atoms with Crippen LogP contribution in [0, 0.1) is 13.8 Å². The fourth-order valence-electron chi connectivity index (χ4n) is 3.69. The van der Waals surface area contributed by atoms with Gasteiger partial charge in [-0.1, -0.05) is 17.7 Å². The first-order valence-electron chi connectivity index (χ1n) is 12.2. The molecule has 3 aromatic carbocycles. The van der Waals surface area contributed by atoms with E-state index < -0.39 is 10.0 Å². The van der Waals surface area contributed by atoms with Crippen molar-refractivity contribution >= 4 is 38.7 Å². The summed E-state index contributed by atoms with van der Waals surface area (Å²) in [5.74, 6) is 2.58. The van der Waals surface area contributed by atoms with E-state index in [4.69, 9.17) is 9.47 Å². The van der Waals surface area contributed by atoms with Crippen molar-refractivity contribution in [2.75, 3.05) is 28.6 Å². The second-order valence-corrected chi connectivity index (χ2v) is 10.1. The first-order chi connectivity index (χ1) is 18.3. The van der Waals surface area contributed by atoms with Gasteiger partial charge in [0.15, 0.2) is 0 Å². The Morgan fingerprint density at radius 1 is 0.711 bits per heavy atom. The van der Waals surface area contributed by atoms with Crippen LogP contribution in [0.25, 0.3) is 0 Å². The van der Waals surface area contributed by atoms with Gasteiger partial charge in [-0.05, 0) is 76.2 Å². The highest BCUT2D eigenvalue weighted by Gasteiger charge is 2.21. The molecule has 0 bridgehead atoms. The van der Waals surface area contributed by atoms with Crippen LogP contribution >= 0.6 is 0 Å². The van der Waals surface area contributed by atoms with Crippen molar-refractivity contribution in [3.8, 4) is 11.5 Å². The molecule has 0 aliphatic carbocycles. The van der Waals surface area contributed by atoms with Crippen LogP contribution in [0.5, 0.6) is 11.5 Å². The Kier molecular flexibility index (Phi) is 8.32. The Bertz CT molecular complexity index is 1490. The number of sulfonamides is 1. The van der Waals surface area contributed by atoms with Crippen molar-refractivity contribution in [1.82, 2.24) is 9.97 Å². The molecule has 3 N–H and O–H groups in total. The lowest BCUT2D eigenvalue weighted by atomic mass is 10.2. The molecule has 0 unspecified atom stereocenters. The summed E-state index contributed by atoms with van der Waals surface area (Å²) in [4.78, 5) is 8.93. The number of aromatic nitrogens is 2. The van der Waals surface area contributed by atoms with E-state index in [1.807, 2.05) is 51.1 Å². The third-order valence-corrected chi connectivity index (χ3v) is 6.79. The minimum atomic E-state index is -3.93. The third-order valence-electron chi connectivity index (χ3n) is 5.39. The summed E-state index contributed by atoms with van der Waals surface area (Å²) >= 11 is 0. The van der Waals surface area contributed by atoms with Gasteiger partial charge in [0, 0.05) is 29.2 Å². The van der Waals surface area contributed by atoms with Gasteiger partial charge in [0.25, 0.3) is 10.0 Å². The van der Waals surface area contributed by atoms with Crippen LogP contribution < -0.4 is 24.8 Å². The third kappa shape index (κ3) is 6.92. The molecule has 1 aromatic heterocycles. The van der Waals surface area contributed by atoms with E-state index in [1.165, 1.54) is 11.6 Å². The van der Waals surface area contributed by atoms with E-state index in [-0.39, 0.29) is 10.6 Å². The molecule has 38 heavy (non-hydrogen) atoms. The molecule has 0 spiro atoms. The van der Waals surface area contributed by atoms with Crippen LogP contribution in [0.4, 0.5) is 28.7 Å². The van der Waals surface area contributed by atoms with Crippen LogP contribution in [0.2, 0.25) is 0 Å². The summed E-state index contributed by atoms with van der Waals surface area (Å²) in [5.41, 5.74) is 3.24. The van der Waals surface area contributed by atoms with Gasteiger partial charge >= 0.3 is 0 Å². The van der Waals surface area contributed by atoms with Gasteiger partial charge in [0.1, 0.15) is 33.9 Å². The molecule has 0 aliphatic rings. The molecule has 0 saturated heterocycles. The van der Waals surface area contributed by atoms with Crippen molar-refractivity contribution in [2.45, 2.75) is 32.6 Å². The molecule has 4 aromatic rings. The number of aryl methyl sites for hydroxylation is 2.